The Hall–Kier alpha value is -4.19. The van der Waals surface area contributed by atoms with Gasteiger partial charge in [0, 0.05) is 49.9 Å². The van der Waals surface area contributed by atoms with Crippen LogP contribution in [0.15, 0.2) is 60.2 Å². The monoisotopic (exact) mass is 726 g/mol. The molecule has 0 N–H and O–H groups in total. The number of cyclic esters (lactones) is 1. The topological polar surface area (TPSA) is 147 Å². The molecule has 0 aliphatic carbocycles. The van der Waals surface area contributed by atoms with E-state index < -0.39 is 28.7 Å². The second-order valence-electron chi connectivity index (χ2n) is 15.4. The predicted molar refractivity (Wildman–Crippen MR) is 198 cm³/mol. The number of rotatable bonds is 12. The van der Waals surface area contributed by atoms with E-state index in [1.54, 1.807) is 14.1 Å². The summed E-state index contributed by atoms with van der Waals surface area (Å²) in [6, 6.07) is 5.21. The summed E-state index contributed by atoms with van der Waals surface area (Å²) in [4.78, 5) is 49.9. The highest BCUT2D eigenvalue weighted by Crippen LogP contribution is 2.38. The van der Waals surface area contributed by atoms with Crippen LogP contribution >= 0.6 is 0 Å². The Bertz CT molecular complexity index is 1470. The second-order valence-corrected chi connectivity index (χ2v) is 15.4. The standard InChI is InChI=1S/C40H58N2O10/c1-11-32(50-38(44)41(9)10)29(6)37-33(49-37)23-25(2)13-12-14-27(4)36-28(5)15-20-34(40(7,8)22-21-26(3)24-35(43)52-36)51-39(45)48-31-18-16-30(17-19-31)42(46)47/h12-20,25-26,28-29,32-34,36-37H,11,21-24H2,1-10H3/b13-12+,20-15+,27-14+. The number of hydrogen-bond donors (Lipinski definition) is 0. The van der Waals surface area contributed by atoms with Crippen molar-refractivity contribution in [2.75, 3.05) is 14.1 Å². The normalized spacial score (nSPS) is 27.5. The van der Waals surface area contributed by atoms with Gasteiger partial charge in [-0.2, -0.15) is 0 Å². The van der Waals surface area contributed by atoms with Gasteiger partial charge in [-0.1, -0.05) is 72.8 Å². The highest BCUT2D eigenvalue weighted by atomic mass is 16.7. The van der Waals surface area contributed by atoms with E-state index in [2.05, 4.69) is 19.9 Å². The van der Waals surface area contributed by atoms with E-state index in [0.717, 1.165) is 12.0 Å². The van der Waals surface area contributed by atoms with E-state index in [1.165, 1.54) is 29.2 Å². The molecule has 1 saturated heterocycles. The molecule has 9 unspecified atom stereocenters. The molecule has 0 aromatic heterocycles. The minimum Gasteiger partial charge on any atom is -0.457 e. The van der Waals surface area contributed by atoms with Crippen molar-refractivity contribution in [1.82, 2.24) is 4.90 Å². The van der Waals surface area contributed by atoms with Crippen LogP contribution in [0.3, 0.4) is 0 Å². The Morgan fingerprint density at radius 3 is 2.42 bits per heavy atom. The molecule has 12 heteroatoms. The minimum atomic E-state index is -0.919. The number of esters is 1. The zero-order valence-corrected chi connectivity index (χ0v) is 32.4. The van der Waals surface area contributed by atoms with Gasteiger partial charge in [0.05, 0.1) is 17.1 Å². The lowest BCUT2D eigenvalue weighted by Crippen LogP contribution is -2.35. The van der Waals surface area contributed by atoms with Crippen LogP contribution in [0.25, 0.3) is 0 Å². The van der Waals surface area contributed by atoms with E-state index in [-0.39, 0.29) is 71.9 Å². The molecule has 3 rings (SSSR count). The summed E-state index contributed by atoms with van der Waals surface area (Å²) in [5, 5.41) is 11.0. The lowest BCUT2D eigenvalue weighted by atomic mass is 9.78. The number of epoxide rings is 1. The molecule has 1 fully saturated rings. The zero-order valence-electron chi connectivity index (χ0n) is 32.4. The highest BCUT2D eigenvalue weighted by Gasteiger charge is 2.46. The van der Waals surface area contributed by atoms with Crippen LogP contribution in [0.1, 0.15) is 87.5 Å². The fraction of sp³-hybridized carbons (Fsp3) is 0.625. The molecule has 288 valence electrons. The van der Waals surface area contributed by atoms with Gasteiger partial charge in [-0.3, -0.25) is 14.9 Å². The fourth-order valence-electron chi connectivity index (χ4n) is 6.40. The van der Waals surface area contributed by atoms with Gasteiger partial charge in [-0.25, -0.2) is 9.59 Å². The number of nitrogens with zero attached hydrogens (tertiary/aromatic N) is 2. The largest absolute Gasteiger partial charge is 0.514 e. The summed E-state index contributed by atoms with van der Waals surface area (Å²) < 4.78 is 28.9. The first kappa shape index (κ1) is 42.2. The third kappa shape index (κ3) is 12.8. The molecule has 0 radical (unpaired) electrons. The molecule has 0 saturated carbocycles. The van der Waals surface area contributed by atoms with Gasteiger partial charge in [0.2, 0.25) is 0 Å². The van der Waals surface area contributed by atoms with E-state index in [9.17, 15) is 24.5 Å². The van der Waals surface area contributed by atoms with Gasteiger partial charge in [0.15, 0.2) is 0 Å². The lowest BCUT2D eigenvalue weighted by Gasteiger charge is -2.33. The van der Waals surface area contributed by atoms with E-state index in [0.29, 0.717) is 19.3 Å². The van der Waals surface area contributed by atoms with Crippen LogP contribution in [0.5, 0.6) is 5.75 Å². The number of non-ortho nitro benzene ring substituents is 1. The van der Waals surface area contributed by atoms with Gasteiger partial charge in [-0.05, 0) is 68.2 Å². The van der Waals surface area contributed by atoms with Crippen LogP contribution < -0.4 is 4.74 Å². The number of carbonyl (C=O) groups excluding carboxylic acids is 3. The van der Waals surface area contributed by atoms with Crippen LogP contribution in [0.4, 0.5) is 15.3 Å². The quantitative estimate of drug-likeness (QED) is 0.0299. The number of nitro groups is 1. The maximum absolute atomic E-state index is 13.1. The molecule has 12 nitrogen and oxygen atoms in total. The third-order valence-electron chi connectivity index (χ3n) is 9.96. The first-order chi connectivity index (χ1) is 24.4. The number of allylic oxidation sites excluding steroid dienone is 3. The van der Waals surface area contributed by atoms with Gasteiger partial charge in [-0.15, -0.1) is 0 Å². The first-order valence-corrected chi connectivity index (χ1v) is 18.3. The second kappa shape index (κ2) is 19.0. The molecule has 1 amide bonds. The minimum absolute atomic E-state index is 0.0423. The van der Waals surface area contributed by atoms with Crippen molar-refractivity contribution >= 4 is 23.9 Å². The molecule has 9 atom stereocenters. The van der Waals surface area contributed by atoms with Crippen molar-refractivity contribution in [2.45, 2.75) is 118 Å². The van der Waals surface area contributed by atoms with Gasteiger partial charge >= 0.3 is 18.2 Å². The van der Waals surface area contributed by atoms with Crippen molar-refractivity contribution in [3.8, 4) is 5.75 Å². The number of ether oxygens (including phenoxy) is 5. The smallest absolute Gasteiger partial charge is 0.457 e. The zero-order chi connectivity index (χ0) is 38.7. The number of nitro benzene ring substituents is 1. The molecule has 0 spiro atoms. The average molecular weight is 727 g/mol. The summed E-state index contributed by atoms with van der Waals surface area (Å²) in [7, 11) is 3.34. The van der Waals surface area contributed by atoms with E-state index in [1.807, 2.05) is 65.8 Å². The Kier molecular flexibility index (Phi) is 15.5. The Balaban J connectivity index is 1.69. The van der Waals surface area contributed by atoms with Crippen molar-refractivity contribution in [3.05, 3.63) is 70.3 Å². The number of benzene rings is 1. The Labute approximate surface area is 308 Å². The molecule has 52 heavy (non-hydrogen) atoms. The molecule has 2 aliphatic rings. The van der Waals surface area contributed by atoms with Gasteiger partial charge in [0.25, 0.3) is 5.69 Å². The van der Waals surface area contributed by atoms with Crippen LogP contribution in [0.2, 0.25) is 0 Å². The summed E-state index contributed by atoms with van der Waals surface area (Å²) >= 11 is 0. The molecule has 2 heterocycles. The highest BCUT2D eigenvalue weighted by molar-refractivity contribution is 5.70. The number of carbonyl (C=O) groups is 3. The average Bonchev–Trinajstić information content (AvgIpc) is 3.84. The maximum Gasteiger partial charge on any atom is 0.514 e. The maximum atomic E-state index is 13.1. The summed E-state index contributed by atoms with van der Waals surface area (Å²) in [6.07, 6.45) is 10.5. The number of hydrogen-bond acceptors (Lipinski definition) is 10. The summed E-state index contributed by atoms with van der Waals surface area (Å²) in [6.45, 7) is 16.1. The molecule has 1 aromatic carbocycles. The first-order valence-electron chi connectivity index (χ1n) is 18.3. The van der Waals surface area contributed by atoms with Crippen molar-refractivity contribution in [2.24, 2.45) is 29.1 Å². The SMILES string of the molecule is CCC(OC(=O)N(C)C)C(C)C1OC1CC(C)/C=C/C=C(\C)C1OC(=O)CC(C)CCC(C)(C)C(OC(=O)Oc2ccc([N+](=O)[O-])cc2)/C=C/C1C. The molecule has 0 bridgehead atoms. The van der Waals surface area contributed by atoms with Crippen LogP contribution in [0, 0.1) is 39.2 Å². The fourth-order valence-corrected chi connectivity index (χ4v) is 6.40. The molecule has 2 aliphatic heterocycles. The summed E-state index contributed by atoms with van der Waals surface area (Å²) in [5.74, 6) is -0.0144. The van der Waals surface area contributed by atoms with Crippen molar-refractivity contribution in [1.29, 1.82) is 0 Å². The molecular formula is C40H58N2O10. The van der Waals surface area contributed by atoms with Crippen molar-refractivity contribution in [3.63, 3.8) is 0 Å². The Morgan fingerprint density at radius 1 is 1.13 bits per heavy atom. The summed E-state index contributed by atoms with van der Waals surface area (Å²) in [5.41, 5.74) is 0.268. The van der Waals surface area contributed by atoms with Crippen molar-refractivity contribution < 1.29 is 43.0 Å². The number of amides is 1. The molecular weight excluding hydrogens is 668 g/mol. The third-order valence-corrected chi connectivity index (χ3v) is 9.96. The molecule has 1 aromatic rings. The lowest BCUT2D eigenvalue weighted by molar-refractivity contribution is -0.384. The van der Waals surface area contributed by atoms with Crippen LogP contribution in [-0.2, 0) is 23.7 Å². The Morgan fingerprint density at radius 2 is 1.81 bits per heavy atom. The van der Waals surface area contributed by atoms with Gasteiger partial charge in [0.1, 0.15) is 24.1 Å². The van der Waals surface area contributed by atoms with E-state index in [4.69, 9.17) is 23.7 Å². The predicted octanol–water partition coefficient (Wildman–Crippen LogP) is 8.84. The van der Waals surface area contributed by atoms with Gasteiger partial charge < -0.3 is 28.6 Å². The van der Waals surface area contributed by atoms with Crippen LogP contribution in [-0.4, -0.2) is 72.7 Å². The van der Waals surface area contributed by atoms with E-state index >= 15 is 0 Å².